The average molecular weight is 625 g/mol. The van der Waals surface area contributed by atoms with Crippen LogP contribution < -0.4 is 10.9 Å². The van der Waals surface area contributed by atoms with Gasteiger partial charge < -0.3 is 0 Å². The van der Waals surface area contributed by atoms with Crippen molar-refractivity contribution < 1.29 is 0 Å². The minimum atomic E-state index is 0.358. The van der Waals surface area contributed by atoms with Crippen LogP contribution in [0.15, 0.2) is 151 Å². The van der Waals surface area contributed by atoms with Crippen molar-refractivity contribution in [3.8, 4) is 11.1 Å². The van der Waals surface area contributed by atoms with Gasteiger partial charge in [0.05, 0.1) is 0 Å². The molecule has 1 heterocycles. The maximum atomic E-state index is 3.78. The Morgan fingerprint density at radius 3 is 1.90 bits per heavy atom. The minimum absolute atomic E-state index is 0.358. The molecule has 0 spiro atoms. The van der Waals surface area contributed by atoms with Crippen LogP contribution in [0.4, 0.5) is 0 Å². The second-order valence-corrected chi connectivity index (χ2v) is 13.3. The van der Waals surface area contributed by atoms with Gasteiger partial charge in [-0.15, -0.1) is 0 Å². The molecule has 1 heteroatoms. The zero-order chi connectivity index (χ0) is 34.2. The molecular formula is C47H49B. The van der Waals surface area contributed by atoms with Crippen molar-refractivity contribution in [1.82, 2.24) is 0 Å². The van der Waals surface area contributed by atoms with Crippen LogP contribution in [-0.4, -0.2) is 6.71 Å². The summed E-state index contributed by atoms with van der Waals surface area (Å²) < 4.78 is 0. The van der Waals surface area contributed by atoms with Gasteiger partial charge in [-0.25, -0.2) is 0 Å². The van der Waals surface area contributed by atoms with Gasteiger partial charge in [0.25, 0.3) is 0 Å². The number of fused-ring (bicyclic) bond motifs is 2. The van der Waals surface area contributed by atoms with Gasteiger partial charge in [0.2, 0.25) is 6.71 Å². The third-order valence-electron chi connectivity index (χ3n) is 9.77. The number of hydrogen-bond donors (Lipinski definition) is 0. The first kappa shape index (κ1) is 34.5. The van der Waals surface area contributed by atoms with E-state index in [0.29, 0.717) is 6.71 Å². The van der Waals surface area contributed by atoms with Crippen molar-refractivity contribution in [2.75, 3.05) is 0 Å². The molecule has 0 bridgehead atoms. The Morgan fingerprint density at radius 1 is 0.625 bits per heavy atom. The van der Waals surface area contributed by atoms with Gasteiger partial charge in [-0.3, -0.25) is 0 Å². The molecule has 0 saturated heterocycles. The predicted molar refractivity (Wildman–Crippen MR) is 214 cm³/mol. The van der Waals surface area contributed by atoms with Gasteiger partial charge >= 0.3 is 0 Å². The zero-order valence-corrected chi connectivity index (χ0v) is 29.9. The molecule has 48 heavy (non-hydrogen) atoms. The lowest BCUT2D eigenvalue weighted by Crippen LogP contribution is -2.42. The lowest BCUT2D eigenvalue weighted by molar-refractivity contribution is 1.05. The Labute approximate surface area is 290 Å². The molecule has 2 aliphatic rings. The third-order valence-corrected chi connectivity index (χ3v) is 9.77. The van der Waals surface area contributed by atoms with Gasteiger partial charge in [-0.1, -0.05) is 168 Å². The molecule has 0 unspecified atom stereocenters. The van der Waals surface area contributed by atoms with Crippen LogP contribution in [0.25, 0.3) is 22.3 Å². The number of rotatable bonds is 4. The first-order valence-corrected chi connectivity index (χ1v) is 17.2. The summed E-state index contributed by atoms with van der Waals surface area (Å²) in [7, 11) is 0. The van der Waals surface area contributed by atoms with Crippen molar-refractivity contribution in [3.05, 3.63) is 190 Å². The maximum Gasteiger partial charge on any atom is 0.242 e. The van der Waals surface area contributed by atoms with E-state index in [1.54, 1.807) is 5.57 Å². The predicted octanol–water partition coefficient (Wildman–Crippen LogP) is 11.5. The smallest absolute Gasteiger partial charge is 0.0988 e. The fourth-order valence-electron chi connectivity index (χ4n) is 6.94. The molecule has 0 N–H and O–H groups in total. The van der Waals surface area contributed by atoms with Gasteiger partial charge in [0.15, 0.2) is 0 Å². The molecule has 0 radical (unpaired) electrons. The summed E-state index contributed by atoms with van der Waals surface area (Å²) in [6, 6.07) is 41.6. The molecule has 0 saturated carbocycles. The highest BCUT2D eigenvalue weighted by Crippen LogP contribution is 2.35. The number of aryl methyl sites for hydroxylation is 5. The van der Waals surface area contributed by atoms with Crippen LogP contribution in [-0.2, 0) is 0 Å². The van der Waals surface area contributed by atoms with Gasteiger partial charge in [0, 0.05) is 0 Å². The summed E-state index contributed by atoms with van der Waals surface area (Å²) in [6.45, 7) is 19.1. The Balaban J connectivity index is 0.000000177. The van der Waals surface area contributed by atoms with Crippen molar-refractivity contribution in [2.45, 2.75) is 61.3 Å². The number of hydrogen-bond acceptors (Lipinski definition) is 0. The molecule has 5 aromatic rings. The molecule has 0 atom stereocenters. The lowest BCUT2D eigenvalue weighted by atomic mass is 9.37. The van der Waals surface area contributed by atoms with Crippen molar-refractivity contribution >= 4 is 28.8 Å². The summed E-state index contributed by atoms with van der Waals surface area (Å²) in [5.41, 5.74) is 20.6. The van der Waals surface area contributed by atoms with Gasteiger partial charge in [-0.05, 0) is 117 Å². The molecule has 240 valence electrons. The second kappa shape index (κ2) is 15.8. The Bertz CT molecular complexity index is 2000. The summed E-state index contributed by atoms with van der Waals surface area (Å²) >= 11 is 0. The normalized spacial score (nSPS) is 13.4. The fraction of sp³-hybridized carbons (Fsp3) is 0.191. The van der Waals surface area contributed by atoms with E-state index in [9.17, 15) is 0 Å². The molecule has 1 aliphatic heterocycles. The van der Waals surface area contributed by atoms with Crippen LogP contribution in [0.2, 0.25) is 0 Å². The molecule has 7 rings (SSSR count). The second-order valence-electron chi connectivity index (χ2n) is 13.3. The molecule has 0 aromatic heterocycles. The Hall–Kier alpha value is -4.88. The highest BCUT2D eigenvalue weighted by molar-refractivity contribution is 6.94. The summed E-state index contributed by atoms with van der Waals surface area (Å²) in [6.07, 6.45) is 8.94. The molecule has 5 aromatic carbocycles. The highest BCUT2D eigenvalue weighted by Gasteiger charge is 2.34. The van der Waals surface area contributed by atoms with E-state index in [4.69, 9.17) is 0 Å². The van der Waals surface area contributed by atoms with Gasteiger partial charge in [-0.2, -0.15) is 0 Å². The Kier molecular flexibility index (Phi) is 11.4. The van der Waals surface area contributed by atoms with E-state index in [0.717, 1.165) is 12.8 Å². The highest BCUT2D eigenvalue weighted by atomic mass is 14.2. The maximum absolute atomic E-state index is 3.78. The van der Waals surface area contributed by atoms with E-state index in [1.165, 1.54) is 77.6 Å². The van der Waals surface area contributed by atoms with Crippen LogP contribution in [0.3, 0.4) is 0 Å². The largest absolute Gasteiger partial charge is 0.242 e. The molecule has 0 amide bonds. The topological polar surface area (TPSA) is 0 Å². The third kappa shape index (κ3) is 7.80. The fourth-order valence-corrected chi connectivity index (χ4v) is 6.94. The molecular weight excluding hydrogens is 575 g/mol. The first-order valence-electron chi connectivity index (χ1n) is 17.2. The van der Waals surface area contributed by atoms with Crippen molar-refractivity contribution in [2.24, 2.45) is 0 Å². The summed E-state index contributed by atoms with van der Waals surface area (Å²) in [5.74, 6) is 0. The quantitative estimate of drug-likeness (QED) is 0.138. The van der Waals surface area contributed by atoms with Crippen LogP contribution in [0, 0.1) is 34.6 Å². The first-order chi connectivity index (χ1) is 23.2. The zero-order valence-electron chi connectivity index (χ0n) is 29.9. The van der Waals surface area contributed by atoms with E-state index < -0.39 is 0 Å². The summed E-state index contributed by atoms with van der Waals surface area (Å²) in [5, 5.41) is 0. The standard InChI is InChI=1S/C26H23B.C13H16.C8H10/c1-18-9-3-4-10-21(18)24-17-20(16-15-19(24)2)27-25-13-7-5-11-22(25)23-12-6-8-14-26(23)27;1-5-10(2)12(4)13-9-7-6-8-11(13)3;1-7-4-3-5-8(2)6-7/h3-5,7-11,13-17H,6,12H2,1-2H3;5-9H,1H2,2-4H3;3-6H,1-2H3/b;12-10+;. The minimum Gasteiger partial charge on any atom is -0.0988 e. The number of allylic oxidation sites excluding steroid dienone is 7. The number of benzene rings is 5. The molecule has 1 aliphatic carbocycles. The van der Waals surface area contributed by atoms with Crippen LogP contribution >= 0.6 is 0 Å². The van der Waals surface area contributed by atoms with E-state index in [1.807, 2.05) is 6.08 Å². The van der Waals surface area contributed by atoms with Crippen LogP contribution in [0.5, 0.6) is 0 Å². The van der Waals surface area contributed by atoms with Crippen molar-refractivity contribution in [1.29, 1.82) is 0 Å². The molecule has 0 nitrogen and oxygen atoms in total. The van der Waals surface area contributed by atoms with E-state index >= 15 is 0 Å². The van der Waals surface area contributed by atoms with Gasteiger partial charge in [0.1, 0.15) is 0 Å². The van der Waals surface area contributed by atoms with Crippen molar-refractivity contribution in [3.63, 3.8) is 0 Å². The van der Waals surface area contributed by atoms with Crippen LogP contribution in [0.1, 0.15) is 65.6 Å². The SMILES string of the molecule is C=C/C(C)=C(\C)c1ccccc1C.Cc1cccc(C)c1.Cc1ccccc1-c1cc(B2C3=C(CCC=C3)c3ccccc32)ccc1C. The summed E-state index contributed by atoms with van der Waals surface area (Å²) in [4.78, 5) is 0. The Morgan fingerprint density at radius 2 is 1.25 bits per heavy atom. The average Bonchev–Trinajstić information content (AvgIpc) is 3.43. The van der Waals surface area contributed by atoms with E-state index in [-0.39, 0.29) is 0 Å². The monoisotopic (exact) mass is 624 g/mol. The molecule has 0 fully saturated rings. The lowest BCUT2D eigenvalue weighted by Gasteiger charge is -2.17. The van der Waals surface area contributed by atoms with E-state index in [2.05, 4.69) is 182 Å².